The Kier molecular flexibility index (Phi) is 5.26. The predicted molar refractivity (Wildman–Crippen MR) is 92.5 cm³/mol. The zero-order valence-corrected chi connectivity index (χ0v) is 16.2. The van der Waals surface area contributed by atoms with Crippen molar-refractivity contribution in [2.24, 2.45) is 5.92 Å². The molecule has 0 N–H and O–H groups in total. The summed E-state index contributed by atoms with van der Waals surface area (Å²) in [5, 5.41) is 0. The summed E-state index contributed by atoms with van der Waals surface area (Å²) < 4.78 is 0.410. The third-order valence-corrected chi connectivity index (χ3v) is 11.8. The van der Waals surface area contributed by atoms with E-state index in [1.165, 1.54) is 5.56 Å². The number of carbonyl (C=O) groups excluding carboxylic acids is 1. The Morgan fingerprint density at radius 3 is 1.81 bits per heavy atom. The molecule has 110 valence electrons. The van der Waals surface area contributed by atoms with Gasteiger partial charge in [-0.3, -0.25) is 0 Å². The van der Waals surface area contributed by atoms with Crippen LogP contribution >= 0.6 is 0 Å². The molecule has 0 aliphatic carbocycles. The summed E-state index contributed by atoms with van der Waals surface area (Å²) in [5.74, 6) is 0.321. The van der Waals surface area contributed by atoms with Gasteiger partial charge in [0.15, 0.2) is 0 Å². The molecule has 0 heterocycles. The van der Waals surface area contributed by atoms with E-state index in [4.69, 9.17) is 0 Å². The van der Waals surface area contributed by atoms with Crippen molar-refractivity contribution in [2.45, 2.75) is 25.7 Å². The normalized spacial score (nSPS) is 14.5. The number of carbonyl (C=O) groups is 1. The molecule has 0 unspecified atom stereocenters. The Bertz CT molecular complexity index is 584. The van der Waals surface area contributed by atoms with E-state index in [0.29, 0.717) is 3.93 Å². The topological polar surface area (TPSA) is 17.1 Å². The van der Waals surface area contributed by atoms with Crippen LogP contribution in [0.25, 0.3) is 0 Å². The van der Waals surface area contributed by atoms with Crippen LogP contribution in [0.5, 0.6) is 0 Å². The number of Topliss-reactive ketones (excluding diaryl/α,β-unsaturated/α-hetero) is 1. The van der Waals surface area contributed by atoms with Crippen molar-refractivity contribution in [1.82, 2.24) is 0 Å². The molecular weight excluding hydrogens is 363 g/mol. The standard InChI is InChI=1S/C16H15O.3CH3.Sn/c1-13(12-14-8-4-2-5-9-14)16(17)15-10-6-3-7-11-15;;;;/h2-13H,1H3;3*1H3;/t13-;;;;/m1..../s1. The van der Waals surface area contributed by atoms with Crippen molar-refractivity contribution in [3.8, 4) is 0 Å². The fourth-order valence-corrected chi connectivity index (χ4v) is 11.3. The summed E-state index contributed by atoms with van der Waals surface area (Å²) in [4.78, 5) is 20.1. The Hall–Kier alpha value is -1.09. The molecule has 0 radical (unpaired) electrons. The molecule has 0 aromatic heterocycles. The van der Waals surface area contributed by atoms with E-state index in [2.05, 4.69) is 46.0 Å². The molecule has 0 amide bonds. The van der Waals surface area contributed by atoms with Crippen LogP contribution in [0.3, 0.4) is 0 Å². The summed E-state index contributed by atoms with van der Waals surface area (Å²) in [7, 11) is 0. The van der Waals surface area contributed by atoms with E-state index in [1.807, 2.05) is 36.4 Å². The van der Waals surface area contributed by atoms with E-state index in [-0.39, 0.29) is 11.7 Å². The maximum absolute atomic E-state index is 12.8. The molecule has 0 saturated carbocycles. The van der Waals surface area contributed by atoms with Crippen LogP contribution in [0, 0.1) is 5.92 Å². The van der Waals surface area contributed by atoms with E-state index in [0.717, 1.165) is 5.56 Å². The molecule has 2 aromatic rings. The number of benzene rings is 2. The molecule has 0 aliphatic heterocycles. The maximum atomic E-state index is 12.8. The number of hydrogen-bond acceptors (Lipinski definition) is 1. The molecular formula is C19H24OSn. The molecule has 1 nitrogen and oxygen atoms in total. The Morgan fingerprint density at radius 1 is 0.857 bits per heavy atom. The molecule has 0 fully saturated rings. The van der Waals surface area contributed by atoms with E-state index in [1.54, 1.807) is 0 Å². The number of ketones is 1. The average Bonchev–Trinajstić information content (AvgIpc) is 2.47. The van der Waals surface area contributed by atoms with Gasteiger partial charge in [-0.25, -0.2) is 0 Å². The summed E-state index contributed by atoms with van der Waals surface area (Å²) in [6.45, 7) is 2.11. The van der Waals surface area contributed by atoms with Crippen LogP contribution in [0.2, 0.25) is 14.8 Å². The Morgan fingerprint density at radius 2 is 1.33 bits per heavy atom. The average molecular weight is 387 g/mol. The van der Waals surface area contributed by atoms with E-state index in [9.17, 15) is 4.79 Å². The Balaban J connectivity index is 2.36. The van der Waals surface area contributed by atoms with E-state index >= 15 is 0 Å². The van der Waals surface area contributed by atoms with Crippen molar-refractivity contribution in [3.63, 3.8) is 0 Å². The zero-order chi connectivity index (χ0) is 15.5. The van der Waals surface area contributed by atoms with Crippen molar-refractivity contribution in [1.29, 1.82) is 0 Å². The van der Waals surface area contributed by atoms with Gasteiger partial charge in [-0.15, -0.1) is 0 Å². The number of rotatable bonds is 5. The third-order valence-electron chi connectivity index (χ3n) is 4.06. The van der Waals surface area contributed by atoms with Gasteiger partial charge in [-0.05, 0) is 0 Å². The van der Waals surface area contributed by atoms with Gasteiger partial charge in [0.05, 0.1) is 0 Å². The van der Waals surface area contributed by atoms with Gasteiger partial charge in [0.2, 0.25) is 0 Å². The van der Waals surface area contributed by atoms with Crippen molar-refractivity contribution < 1.29 is 4.79 Å². The van der Waals surface area contributed by atoms with E-state index < -0.39 is 18.4 Å². The van der Waals surface area contributed by atoms with Gasteiger partial charge in [-0.1, -0.05) is 0 Å². The third kappa shape index (κ3) is 3.97. The van der Waals surface area contributed by atoms with Crippen LogP contribution < -0.4 is 0 Å². The minimum atomic E-state index is -2.30. The van der Waals surface area contributed by atoms with Crippen molar-refractivity contribution in [3.05, 3.63) is 71.8 Å². The molecule has 2 aromatic carbocycles. The second-order valence-corrected chi connectivity index (χ2v) is 22.1. The quantitative estimate of drug-likeness (QED) is 0.511. The fourth-order valence-electron chi connectivity index (χ4n) is 3.22. The fraction of sp³-hybridized carbons (Fsp3) is 0.316. The van der Waals surface area contributed by atoms with Crippen LogP contribution in [0.1, 0.15) is 26.8 Å². The first-order valence-corrected chi connectivity index (χ1v) is 17.8. The van der Waals surface area contributed by atoms with Crippen molar-refractivity contribution in [2.75, 3.05) is 0 Å². The summed E-state index contributed by atoms with van der Waals surface area (Å²) in [5.41, 5.74) is 2.17. The van der Waals surface area contributed by atoms with Gasteiger partial charge >= 0.3 is 132 Å². The molecule has 0 spiro atoms. The second kappa shape index (κ2) is 6.78. The molecule has 0 saturated heterocycles. The summed E-state index contributed by atoms with van der Waals surface area (Å²) in [6.07, 6.45) is 0. The molecule has 2 atom stereocenters. The summed E-state index contributed by atoms with van der Waals surface area (Å²) in [6, 6.07) is 20.3. The minimum absolute atomic E-state index is 0.0469. The van der Waals surface area contributed by atoms with Gasteiger partial charge in [0, 0.05) is 0 Å². The molecule has 2 heteroatoms. The first-order chi connectivity index (χ1) is 9.91. The first-order valence-electron chi connectivity index (χ1n) is 7.55. The predicted octanol–water partition coefficient (Wildman–Crippen LogP) is 5.17. The van der Waals surface area contributed by atoms with Gasteiger partial charge in [0.1, 0.15) is 0 Å². The molecule has 0 bridgehead atoms. The van der Waals surface area contributed by atoms with Gasteiger partial charge < -0.3 is 0 Å². The SMILES string of the molecule is C[C@@H](C(=O)c1ccccc1)[C@H](c1ccccc1)[Sn]([CH3])([CH3])[CH3]. The first kappa shape index (κ1) is 16.3. The second-order valence-electron chi connectivity index (χ2n) is 6.77. The zero-order valence-electron chi connectivity index (χ0n) is 13.3. The molecule has 0 aliphatic rings. The molecule has 2 rings (SSSR count). The van der Waals surface area contributed by atoms with Crippen LogP contribution in [0.4, 0.5) is 0 Å². The van der Waals surface area contributed by atoms with Crippen LogP contribution in [-0.2, 0) is 0 Å². The number of hydrogen-bond donors (Lipinski definition) is 0. The van der Waals surface area contributed by atoms with Crippen LogP contribution in [-0.4, -0.2) is 24.2 Å². The van der Waals surface area contributed by atoms with Crippen molar-refractivity contribution >= 4 is 24.2 Å². The summed E-state index contributed by atoms with van der Waals surface area (Å²) >= 11 is -2.30. The van der Waals surface area contributed by atoms with Gasteiger partial charge in [0.25, 0.3) is 0 Å². The van der Waals surface area contributed by atoms with Gasteiger partial charge in [-0.2, -0.15) is 0 Å². The monoisotopic (exact) mass is 388 g/mol. The Labute approximate surface area is 132 Å². The molecule has 21 heavy (non-hydrogen) atoms. The van der Waals surface area contributed by atoms with Crippen LogP contribution in [0.15, 0.2) is 60.7 Å².